The van der Waals surface area contributed by atoms with Gasteiger partial charge in [-0.05, 0) is 41.8 Å². The number of hydrogen-bond acceptors (Lipinski definition) is 5. The molecule has 0 unspecified atom stereocenters. The number of alkyl halides is 3. The van der Waals surface area contributed by atoms with Crippen LogP contribution in [0.2, 0.25) is 0 Å². The van der Waals surface area contributed by atoms with Crippen molar-refractivity contribution in [3.05, 3.63) is 138 Å². The van der Waals surface area contributed by atoms with Gasteiger partial charge in [0.2, 0.25) is 0 Å². The van der Waals surface area contributed by atoms with Gasteiger partial charge in [-0.1, -0.05) is 72.3 Å². The number of halogens is 3. The minimum Gasteiger partial charge on any atom is -0.347 e. The summed E-state index contributed by atoms with van der Waals surface area (Å²) >= 11 is 1.15. The summed E-state index contributed by atoms with van der Waals surface area (Å²) in [6, 6.07) is 23.7. The largest absolute Gasteiger partial charge is 0.416 e. The summed E-state index contributed by atoms with van der Waals surface area (Å²) in [6.45, 7) is 2.85. The quantitative estimate of drug-likeness (QED) is 0.282. The molecule has 2 aromatic heterocycles. The number of rotatable bonds is 6. The number of aryl methyl sites for hydroxylation is 2. The number of fused-ring (bicyclic) bond motifs is 1. The normalized spacial score (nSPS) is 11.2. The second-order valence-electron chi connectivity index (χ2n) is 9.62. The van der Waals surface area contributed by atoms with E-state index in [4.69, 9.17) is 5.73 Å². The summed E-state index contributed by atoms with van der Waals surface area (Å²) in [5, 5.41) is 3.25. The first kappa shape index (κ1) is 30.5. The zero-order valence-electron chi connectivity index (χ0n) is 22.9. The van der Waals surface area contributed by atoms with Gasteiger partial charge in [-0.2, -0.15) is 13.2 Å². The maximum absolute atomic E-state index is 13.0. The van der Waals surface area contributed by atoms with Crippen LogP contribution in [0.25, 0.3) is 10.2 Å². The molecule has 0 saturated carbocycles. The molecule has 5 rings (SSSR count). The molecule has 3 N–H and O–H groups in total. The molecule has 1 amide bonds. The van der Waals surface area contributed by atoms with Gasteiger partial charge in [-0.3, -0.25) is 18.7 Å². The molecular formula is C31H29F3N4O3S. The molecule has 0 spiro atoms. The molecule has 0 fully saturated rings. The zero-order chi connectivity index (χ0) is 30.4. The van der Waals surface area contributed by atoms with E-state index in [-0.39, 0.29) is 24.6 Å². The van der Waals surface area contributed by atoms with Crippen LogP contribution in [-0.2, 0) is 32.9 Å². The molecule has 42 heavy (non-hydrogen) atoms. The minimum absolute atomic E-state index is 0.188. The highest BCUT2D eigenvalue weighted by molar-refractivity contribution is 7.20. The smallest absolute Gasteiger partial charge is 0.347 e. The van der Waals surface area contributed by atoms with Gasteiger partial charge in [0.25, 0.3) is 11.5 Å². The fourth-order valence-electron chi connectivity index (χ4n) is 4.11. The van der Waals surface area contributed by atoms with Gasteiger partial charge in [0.15, 0.2) is 0 Å². The van der Waals surface area contributed by atoms with Gasteiger partial charge in [0, 0.05) is 20.1 Å². The van der Waals surface area contributed by atoms with Crippen LogP contribution in [-0.4, -0.2) is 15.0 Å². The Morgan fingerprint density at radius 3 is 2.12 bits per heavy atom. The predicted molar refractivity (Wildman–Crippen MR) is 159 cm³/mol. The van der Waals surface area contributed by atoms with Gasteiger partial charge in [-0.25, -0.2) is 4.79 Å². The Balaban J connectivity index is 0.000000283. The molecule has 7 nitrogen and oxygen atoms in total. The monoisotopic (exact) mass is 594 g/mol. The van der Waals surface area contributed by atoms with Crippen LogP contribution in [0.3, 0.4) is 0 Å². The van der Waals surface area contributed by atoms with E-state index in [1.165, 1.54) is 21.3 Å². The first-order valence-corrected chi connectivity index (χ1v) is 13.8. The predicted octanol–water partition coefficient (Wildman–Crippen LogP) is 5.21. The Bertz CT molecular complexity index is 1790. The van der Waals surface area contributed by atoms with Gasteiger partial charge >= 0.3 is 11.9 Å². The number of benzene rings is 3. The lowest BCUT2D eigenvalue weighted by Gasteiger charge is -2.08. The first-order valence-electron chi connectivity index (χ1n) is 12.9. The second-order valence-corrected chi connectivity index (χ2v) is 10.6. The van der Waals surface area contributed by atoms with Crippen molar-refractivity contribution in [2.45, 2.75) is 32.7 Å². The zero-order valence-corrected chi connectivity index (χ0v) is 23.8. The number of thiophene rings is 1. The molecule has 0 saturated heterocycles. The number of aromatic nitrogens is 2. The van der Waals surface area contributed by atoms with Crippen LogP contribution in [0.1, 0.15) is 37.5 Å². The van der Waals surface area contributed by atoms with Gasteiger partial charge in [0.05, 0.1) is 22.4 Å². The van der Waals surface area contributed by atoms with Crippen molar-refractivity contribution in [2.24, 2.45) is 12.8 Å². The molecule has 3 aromatic carbocycles. The molecule has 0 aliphatic rings. The lowest BCUT2D eigenvalue weighted by Crippen LogP contribution is -2.38. The topological polar surface area (TPSA) is 99.1 Å². The first-order chi connectivity index (χ1) is 20.0. The molecule has 0 atom stereocenters. The van der Waals surface area contributed by atoms with Gasteiger partial charge < -0.3 is 11.1 Å². The SMILES string of the molecule is Cc1ccc(CNC(=O)c2cc3c(=O)n(Cc4ccccc4)c(=O)n(C)c3s2)cc1.NCc1ccc(C(F)(F)F)cc1. The van der Waals surface area contributed by atoms with Crippen molar-refractivity contribution in [1.29, 1.82) is 0 Å². The molecule has 0 bridgehead atoms. The number of carbonyl (C=O) groups is 1. The maximum Gasteiger partial charge on any atom is 0.416 e. The van der Waals surface area contributed by atoms with Crippen molar-refractivity contribution in [3.63, 3.8) is 0 Å². The van der Waals surface area contributed by atoms with E-state index in [9.17, 15) is 27.6 Å². The van der Waals surface area contributed by atoms with Crippen LogP contribution in [0.4, 0.5) is 13.2 Å². The Morgan fingerprint density at radius 2 is 1.52 bits per heavy atom. The maximum atomic E-state index is 13.0. The molecule has 0 radical (unpaired) electrons. The van der Waals surface area contributed by atoms with Gasteiger partial charge in [-0.15, -0.1) is 11.3 Å². The Morgan fingerprint density at radius 1 is 0.905 bits per heavy atom. The summed E-state index contributed by atoms with van der Waals surface area (Å²) in [4.78, 5) is 39.3. The van der Waals surface area contributed by atoms with Crippen molar-refractivity contribution >= 4 is 27.5 Å². The average molecular weight is 595 g/mol. The fraction of sp³-hybridized carbons (Fsp3) is 0.194. The highest BCUT2D eigenvalue weighted by Crippen LogP contribution is 2.29. The molecule has 5 aromatic rings. The van der Waals surface area contributed by atoms with E-state index in [2.05, 4.69) is 5.32 Å². The van der Waals surface area contributed by atoms with E-state index in [1.807, 2.05) is 61.5 Å². The third-order valence-corrected chi connectivity index (χ3v) is 7.72. The Hall–Kier alpha value is -4.48. The van der Waals surface area contributed by atoms with Crippen molar-refractivity contribution in [2.75, 3.05) is 0 Å². The van der Waals surface area contributed by atoms with Crippen LogP contribution in [0, 0.1) is 6.92 Å². The summed E-state index contributed by atoms with van der Waals surface area (Å²) < 4.78 is 38.6. The number of carbonyl (C=O) groups excluding carboxylic acids is 1. The summed E-state index contributed by atoms with van der Waals surface area (Å²) in [6.07, 6.45) is -4.26. The number of hydrogen-bond donors (Lipinski definition) is 2. The molecule has 0 aliphatic heterocycles. The molecule has 0 aliphatic carbocycles. The van der Waals surface area contributed by atoms with E-state index in [1.54, 1.807) is 13.1 Å². The van der Waals surface area contributed by atoms with E-state index in [0.717, 1.165) is 40.2 Å². The third-order valence-electron chi connectivity index (χ3n) is 6.51. The Kier molecular flexibility index (Phi) is 9.44. The van der Waals surface area contributed by atoms with Crippen LogP contribution in [0.5, 0.6) is 0 Å². The standard InChI is InChI=1S/C23H21N3O3S.C8H8F3N/c1-15-8-10-16(11-9-15)13-24-20(27)19-12-18-21(28)26(14-17-6-4-3-5-7-17)23(29)25(2)22(18)30-19;9-8(10,11)7-3-1-6(5-12)2-4-7/h3-12H,13-14H2,1-2H3,(H,24,27);1-4H,5,12H2. The fourth-order valence-corrected chi connectivity index (χ4v) is 5.13. The molecular weight excluding hydrogens is 565 g/mol. The summed E-state index contributed by atoms with van der Waals surface area (Å²) in [5.74, 6) is -0.266. The van der Waals surface area contributed by atoms with E-state index in [0.29, 0.717) is 27.2 Å². The van der Waals surface area contributed by atoms with Gasteiger partial charge in [0.1, 0.15) is 4.83 Å². The summed E-state index contributed by atoms with van der Waals surface area (Å²) in [7, 11) is 1.62. The Labute approximate surface area is 243 Å². The van der Waals surface area contributed by atoms with Crippen LogP contribution < -0.4 is 22.3 Å². The molecule has 2 heterocycles. The molecule has 11 heteroatoms. The van der Waals surface area contributed by atoms with Crippen molar-refractivity contribution in [1.82, 2.24) is 14.5 Å². The molecule has 218 valence electrons. The summed E-state index contributed by atoms with van der Waals surface area (Å²) in [5.41, 5.74) is 7.52. The van der Waals surface area contributed by atoms with Crippen LogP contribution in [0.15, 0.2) is 94.5 Å². The lowest BCUT2D eigenvalue weighted by molar-refractivity contribution is -0.137. The lowest BCUT2D eigenvalue weighted by atomic mass is 10.1. The highest BCUT2D eigenvalue weighted by atomic mass is 32.1. The van der Waals surface area contributed by atoms with Crippen molar-refractivity contribution < 1.29 is 18.0 Å². The van der Waals surface area contributed by atoms with Crippen molar-refractivity contribution in [3.8, 4) is 0 Å². The number of amides is 1. The van der Waals surface area contributed by atoms with Crippen LogP contribution >= 0.6 is 11.3 Å². The second kappa shape index (κ2) is 13.0. The minimum atomic E-state index is -4.26. The number of nitrogens with one attached hydrogen (secondary N) is 1. The number of nitrogens with zero attached hydrogens (tertiary/aromatic N) is 2. The van der Waals surface area contributed by atoms with E-state index < -0.39 is 17.4 Å². The van der Waals surface area contributed by atoms with E-state index >= 15 is 0 Å². The number of nitrogens with two attached hydrogens (primary N) is 1. The highest BCUT2D eigenvalue weighted by Gasteiger charge is 2.29. The average Bonchev–Trinajstić information content (AvgIpc) is 3.44. The third kappa shape index (κ3) is 7.23.